The molecule has 0 bridgehead atoms. The van der Waals surface area contributed by atoms with E-state index in [-0.39, 0.29) is 6.03 Å². The third-order valence-electron chi connectivity index (χ3n) is 2.91. The van der Waals surface area contributed by atoms with Gasteiger partial charge in [-0.3, -0.25) is 0 Å². The number of hydrogen-bond donors (Lipinski definition) is 2. The van der Waals surface area contributed by atoms with Gasteiger partial charge in [0.2, 0.25) is 0 Å². The number of carbonyl (C=O) groups is 1. The molecule has 6 heteroatoms. The normalized spacial score (nSPS) is 10.2. The summed E-state index contributed by atoms with van der Waals surface area (Å²) in [6.45, 7) is 3.49. The second-order valence-corrected chi connectivity index (χ2v) is 5.07. The van der Waals surface area contributed by atoms with Crippen molar-refractivity contribution in [1.82, 2.24) is 0 Å². The van der Waals surface area contributed by atoms with Crippen molar-refractivity contribution in [2.24, 2.45) is 0 Å². The van der Waals surface area contributed by atoms with Crippen LogP contribution in [0.4, 0.5) is 16.2 Å². The zero-order valence-corrected chi connectivity index (χ0v) is 13.6. The average Bonchev–Trinajstić information content (AvgIpc) is 2.53. The highest BCUT2D eigenvalue weighted by molar-refractivity contribution is 6.30. The minimum absolute atomic E-state index is 0.367. The summed E-state index contributed by atoms with van der Waals surface area (Å²) in [5.74, 6) is 0.591. The van der Waals surface area contributed by atoms with Crippen LogP contribution >= 0.6 is 11.6 Å². The van der Waals surface area contributed by atoms with Crippen LogP contribution < -0.4 is 15.4 Å². The van der Waals surface area contributed by atoms with E-state index in [2.05, 4.69) is 10.6 Å². The standard InChI is InChI=1S/C17H19ClN2O3/c1-2-22-10-11-23-16-9-4-3-8-15(16)20-17(21)19-14-7-5-6-13(18)12-14/h3-9,12H,2,10-11H2,1H3,(H2,19,20,21). The van der Waals surface area contributed by atoms with Gasteiger partial charge in [-0.2, -0.15) is 0 Å². The summed E-state index contributed by atoms with van der Waals surface area (Å²) in [4.78, 5) is 12.1. The van der Waals surface area contributed by atoms with Crippen LogP contribution in [0.15, 0.2) is 48.5 Å². The van der Waals surface area contributed by atoms with E-state index in [0.717, 1.165) is 0 Å². The number of amides is 2. The van der Waals surface area contributed by atoms with Crippen LogP contribution in [0.2, 0.25) is 5.02 Å². The van der Waals surface area contributed by atoms with Crippen LogP contribution in [0.3, 0.4) is 0 Å². The van der Waals surface area contributed by atoms with E-state index in [1.807, 2.05) is 19.1 Å². The first-order chi connectivity index (χ1) is 11.2. The summed E-state index contributed by atoms with van der Waals surface area (Å²) in [6, 6.07) is 13.8. The number of nitrogens with one attached hydrogen (secondary N) is 2. The van der Waals surface area contributed by atoms with Crippen molar-refractivity contribution >= 4 is 29.0 Å². The lowest BCUT2D eigenvalue weighted by Crippen LogP contribution is -2.20. The van der Waals surface area contributed by atoms with Gasteiger partial charge in [0.15, 0.2) is 0 Å². The molecule has 2 aromatic carbocycles. The van der Waals surface area contributed by atoms with Crippen molar-refractivity contribution in [1.29, 1.82) is 0 Å². The molecule has 2 amide bonds. The van der Waals surface area contributed by atoms with Crippen molar-refractivity contribution in [2.75, 3.05) is 30.5 Å². The van der Waals surface area contributed by atoms with Crippen LogP contribution in [-0.4, -0.2) is 25.9 Å². The maximum absolute atomic E-state index is 12.1. The predicted octanol–water partition coefficient (Wildman–Crippen LogP) is 4.40. The van der Waals surface area contributed by atoms with Gasteiger partial charge in [-0.1, -0.05) is 29.8 Å². The Bertz CT molecular complexity index is 649. The fourth-order valence-electron chi connectivity index (χ4n) is 1.90. The van der Waals surface area contributed by atoms with Crippen LogP contribution in [0.25, 0.3) is 0 Å². The van der Waals surface area contributed by atoms with E-state index in [4.69, 9.17) is 21.1 Å². The van der Waals surface area contributed by atoms with Crippen molar-refractivity contribution in [3.8, 4) is 5.75 Å². The Morgan fingerprint density at radius 1 is 1.09 bits per heavy atom. The molecule has 5 nitrogen and oxygen atoms in total. The Balaban J connectivity index is 1.95. The zero-order valence-electron chi connectivity index (χ0n) is 12.8. The SMILES string of the molecule is CCOCCOc1ccccc1NC(=O)Nc1cccc(Cl)c1. The third-order valence-corrected chi connectivity index (χ3v) is 3.14. The molecule has 0 aliphatic rings. The Hall–Kier alpha value is -2.24. The molecule has 0 atom stereocenters. The molecule has 23 heavy (non-hydrogen) atoms. The number of anilines is 2. The second-order valence-electron chi connectivity index (χ2n) is 4.63. The highest BCUT2D eigenvalue weighted by Crippen LogP contribution is 2.24. The maximum atomic E-state index is 12.1. The Kier molecular flexibility index (Phi) is 6.72. The first kappa shape index (κ1) is 17.1. The summed E-state index contributed by atoms with van der Waals surface area (Å²) >= 11 is 5.89. The van der Waals surface area contributed by atoms with E-state index in [1.165, 1.54) is 0 Å². The lowest BCUT2D eigenvalue weighted by atomic mass is 10.3. The van der Waals surface area contributed by atoms with Crippen molar-refractivity contribution in [3.05, 3.63) is 53.6 Å². The Labute approximate surface area is 140 Å². The van der Waals surface area contributed by atoms with E-state index in [1.54, 1.807) is 36.4 Å². The van der Waals surface area contributed by atoms with Gasteiger partial charge in [0.1, 0.15) is 12.4 Å². The molecule has 0 aliphatic carbocycles. The fraction of sp³-hybridized carbons (Fsp3) is 0.235. The van der Waals surface area contributed by atoms with Gasteiger partial charge in [-0.15, -0.1) is 0 Å². The number of halogens is 1. The molecule has 0 heterocycles. The lowest BCUT2D eigenvalue weighted by Gasteiger charge is -2.13. The third kappa shape index (κ3) is 5.81. The predicted molar refractivity (Wildman–Crippen MR) is 92.5 cm³/mol. The molecule has 122 valence electrons. The molecule has 0 saturated heterocycles. The molecular formula is C17H19ClN2O3. The van der Waals surface area contributed by atoms with Crippen LogP contribution in [0.5, 0.6) is 5.75 Å². The minimum Gasteiger partial charge on any atom is -0.489 e. The molecule has 0 fully saturated rings. The van der Waals surface area contributed by atoms with Crippen molar-refractivity contribution in [2.45, 2.75) is 6.92 Å². The largest absolute Gasteiger partial charge is 0.489 e. The molecule has 2 aromatic rings. The van der Waals surface area contributed by atoms with Crippen molar-refractivity contribution in [3.63, 3.8) is 0 Å². The van der Waals surface area contributed by atoms with Gasteiger partial charge in [-0.05, 0) is 37.3 Å². The van der Waals surface area contributed by atoms with E-state index >= 15 is 0 Å². The smallest absolute Gasteiger partial charge is 0.323 e. The molecule has 0 unspecified atom stereocenters. The van der Waals surface area contributed by atoms with Gasteiger partial charge in [0.05, 0.1) is 12.3 Å². The molecule has 2 rings (SSSR count). The number of urea groups is 1. The number of carbonyl (C=O) groups excluding carboxylic acids is 1. The van der Waals surface area contributed by atoms with Crippen LogP contribution in [-0.2, 0) is 4.74 Å². The van der Waals surface area contributed by atoms with Gasteiger partial charge in [0.25, 0.3) is 0 Å². The molecule has 0 aliphatic heterocycles. The van der Waals surface area contributed by atoms with Crippen molar-refractivity contribution < 1.29 is 14.3 Å². The minimum atomic E-state index is -0.367. The topological polar surface area (TPSA) is 59.6 Å². The number of hydrogen-bond acceptors (Lipinski definition) is 3. The van der Waals surface area contributed by atoms with Gasteiger partial charge in [-0.25, -0.2) is 4.79 Å². The summed E-state index contributed by atoms with van der Waals surface area (Å²) in [6.07, 6.45) is 0. The monoisotopic (exact) mass is 334 g/mol. The summed E-state index contributed by atoms with van der Waals surface area (Å²) in [5, 5.41) is 6.04. The first-order valence-corrected chi connectivity index (χ1v) is 7.70. The average molecular weight is 335 g/mol. The molecule has 0 aromatic heterocycles. The summed E-state index contributed by atoms with van der Waals surface area (Å²) in [5.41, 5.74) is 1.20. The number of ether oxygens (including phenoxy) is 2. The zero-order chi connectivity index (χ0) is 16.5. The Morgan fingerprint density at radius 3 is 2.70 bits per heavy atom. The second kappa shape index (κ2) is 9.02. The first-order valence-electron chi connectivity index (χ1n) is 7.32. The lowest BCUT2D eigenvalue weighted by molar-refractivity contribution is 0.110. The number of benzene rings is 2. The van der Waals surface area contributed by atoms with E-state index in [9.17, 15) is 4.79 Å². The maximum Gasteiger partial charge on any atom is 0.323 e. The van der Waals surface area contributed by atoms with Gasteiger partial charge >= 0.3 is 6.03 Å². The molecule has 0 radical (unpaired) electrons. The van der Waals surface area contributed by atoms with Gasteiger partial charge in [0, 0.05) is 17.3 Å². The molecule has 0 saturated carbocycles. The summed E-state index contributed by atoms with van der Waals surface area (Å²) < 4.78 is 10.9. The molecule has 0 spiro atoms. The molecular weight excluding hydrogens is 316 g/mol. The van der Waals surface area contributed by atoms with Crippen LogP contribution in [0.1, 0.15) is 6.92 Å². The highest BCUT2D eigenvalue weighted by Gasteiger charge is 2.08. The van der Waals surface area contributed by atoms with E-state index in [0.29, 0.717) is 42.0 Å². The van der Waals surface area contributed by atoms with Crippen LogP contribution in [0, 0.1) is 0 Å². The highest BCUT2D eigenvalue weighted by atomic mass is 35.5. The fourth-order valence-corrected chi connectivity index (χ4v) is 2.09. The number of rotatable bonds is 7. The quantitative estimate of drug-likeness (QED) is 0.738. The number of para-hydroxylation sites is 2. The Morgan fingerprint density at radius 2 is 1.91 bits per heavy atom. The van der Waals surface area contributed by atoms with E-state index < -0.39 is 0 Å². The summed E-state index contributed by atoms with van der Waals surface area (Å²) in [7, 11) is 0. The molecule has 2 N–H and O–H groups in total. The van der Waals surface area contributed by atoms with Gasteiger partial charge < -0.3 is 20.1 Å².